The molecule has 0 bridgehead atoms. The number of fused-ring (bicyclic) bond motifs is 2. The Balaban J connectivity index is 1.26. The third-order valence-corrected chi connectivity index (χ3v) is 7.76. The van der Waals surface area contributed by atoms with Crippen molar-refractivity contribution in [3.05, 3.63) is 96.1 Å². The molecule has 0 radical (unpaired) electrons. The summed E-state index contributed by atoms with van der Waals surface area (Å²) in [5, 5.41) is 11.3. The SMILES string of the molecule is NCCCC[C@H]1N[C@H](CNC(=O)Cc2cccc3ccccc23)CCN(Cc2cccc3ccccc23)C1=O. The van der Waals surface area contributed by atoms with Gasteiger partial charge >= 0.3 is 0 Å². The topological polar surface area (TPSA) is 87.5 Å². The summed E-state index contributed by atoms with van der Waals surface area (Å²) in [6.07, 6.45) is 3.63. The van der Waals surface area contributed by atoms with Crippen molar-refractivity contribution >= 4 is 33.4 Å². The fourth-order valence-corrected chi connectivity index (χ4v) is 5.65. The van der Waals surface area contributed by atoms with E-state index in [-0.39, 0.29) is 23.9 Å². The first kappa shape index (κ1) is 26.9. The highest BCUT2D eigenvalue weighted by molar-refractivity contribution is 5.90. The van der Waals surface area contributed by atoms with Crippen LogP contribution in [0.2, 0.25) is 0 Å². The number of hydrogen-bond donors (Lipinski definition) is 3. The Morgan fingerprint density at radius 1 is 0.872 bits per heavy atom. The lowest BCUT2D eigenvalue weighted by Crippen LogP contribution is -2.48. The molecule has 202 valence electrons. The van der Waals surface area contributed by atoms with E-state index in [0.29, 0.717) is 32.6 Å². The van der Waals surface area contributed by atoms with E-state index in [1.807, 2.05) is 41.3 Å². The quantitative estimate of drug-likeness (QED) is 0.267. The van der Waals surface area contributed by atoms with Crippen molar-refractivity contribution in [1.82, 2.24) is 15.5 Å². The maximum Gasteiger partial charge on any atom is 0.240 e. The molecule has 1 aliphatic rings. The molecular formula is C33H38N4O2. The van der Waals surface area contributed by atoms with Crippen LogP contribution in [0.4, 0.5) is 0 Å². The highest BCUT2D eigenvalue weighted by atomic mass is 16.2. The lowest BCUT2D eigenvalue weighted by atomic mass is 10.0. The van der Waals surface area contributed by atoms with Crippen molar-refractivity contribution in [2.24, 2.45) is 5.73 Å². The van der Waals surface area contributed by atoms with Crippen molar-refractivity contribution in [2.75, 3.05) is 19.6 Å². The highest BCUT2D eigenvalue weighted by Gasteiger charge is 2.31. The summed E-state index contributed by atoms with van der Waals surface area (Å²) in [7, 11) is 0. The molecule has 1 saturated heterocycles. The molecular weight excluding hydrogens is 484 g/mol. The molecule has 6 heteroatoms. The Labute approximate surface area is 230 Å². The Hall–Kier alpha value is -3.74. The van der Waals surface area contributed by atoms with Gasteiger partial charge in [0.15, 0.2) is 0 Å². The van der Waals surface area contributed by atoms with E-state index in [9.17, 15) is 9.59 Å². The predicted octanol–water partition coefficient (Wildman–Crippen LogP) is 4.54. The van der Waals surface area contributed by atoms with Crippen LogP contribution < -0.4 is 16.4 Å². The van der Waals surface area contributed by atoms with Gasteiger partial charge in [-0.15, -0.1) is 0 Å². The molecule has 1 aliphatic heterocycles. The van der Waals surface area contributed by atoms with E-state index < -0.39 is 0 Å². The van der Waals surface area contributed by atoms with Gasteiger partial charge in [0.2, 0.25) is 11.8 Å². The lowest BCUT2D eigenvalue weighted by molar-refractivity contribution is -0.133. The Kier molecular flexibility index (Phi) is 8.86. The molecule has 0 saturated carbocycles. The molecule has 6 nitrogen and oxygen atoms in total. The van der Waals surface area contributed by atoms with Gasteiger partial charge in [-0.3, -0.25) is 9.59 Å². The van der Waals surface area contributed by atoms with Crippen LogP contribution in [0, 0.1) is 0 Å². The number of nitrogens with two attached hydrogens (primary N) is 1. The van der Waals surface area contributed by atoms with Crippen LogP contribution in [-0.2, 0) is 22.6 Å². The third-order valence-electron chi connectivity index (χ3n) is 7.76. The van der Waals surface area contributed by atoms with Crippen LogP contribution in [0.5, 0.6) is 0 Å². The van der Waals surface area contributed by atoms with Crippen molar-refractivity contribution in [2.45, 2.75) is 50.7 Å². The van der Waals surface area contributed by atoms with Gasteiger partial charge < -0.3 is 21.3 Å². The number of benzene rings is 4. The number of unbranched alkanes of at least 4 members (excludes halogenated alkanes) is 1. The molecule has 5 rings (SSSR count). The van der Waals surface area contributed by atoms with Gasteiger partial charge in [0.05, 0.1) is 12.5 Å². The van der Waals surface area contributed by atoms with Crippen molar-refractivity contribution in [3.8, 4) is 0 Å². The maximum absolute atomic E-state index is 13.7. The summed E-state index contributed by atoms with van der Waals surface area (Å²) in [4.78, 5) is 28.6. The third kappa shape index (κ3) is 6.64. The molecule has 4 aromatic rings. The van der Waals surface area contributed by atoms with E-state index in [1.54, 1.807) is 0 Å². The van der Waals surface area contributed by atoms with E-state index >= 15 is 0 Å². The number of nitrogens with one attached hydrogen (secondary N) is 2. The molecule has 4 N–H and O–H groups in total. The number of carbonyl (C=O) groups excluding carboxylic acids is 2. The summed E-state index contributed by atoms with van der Waals surface area (Å²) in [6.45, 7) is 2.34. The Bertz CT molecular complexity index is 1430. The maximum atomic E-state index is 13.7. The molecule has 4 aromatic carbocycles. The second-order valence-corrected chi connectivity index (χ2v) is 10.5. The minimum atomic E-state index is -0.283. The van der Waals surface area contributed by atoms with Gasteiger partial charge in [-0.05, 0) is 58.5 Å². The second-order valence-electron chi connectivity index (χ2n) is 10.5. The Morgan fingerprint density at radius 2 is 1.51 bits per heavy atom. The van der Waals surface area contributed by atoms with Crippen LogP contribution in [-0.4, -0.2) is 48.4 Å². The van der Waals surface area contributed by atoms with Crippen LogP contribution in [0.25, 0.3) is 21.5 Å². The summed E-state index contributed by atoms with van der Waals surface area (Å²) in [5.74, 6) is 0.126. The molecule has 1 heterocycles. The minimum Gasteiger partial charge on any atom is -0.354 e. The van der Waals surface area contributed by atoms with E-state index in [2.05, 4.69) is 59.2 Å². The summed E-state index contributed by atoms with van der Waals surface area (Å²) in [5.41, 5.74) is 7.92. The monoisotopic (exact) mass is 522 g/mol. The van der Waals surface area contributed by atoms with Crippen molar-refractivity contribution in [3.63, 3.8) is 0 Å². The molecule has 1 fully saturated rings. The van der Waals surface area contributed by atoms with Crippen molar-refractivity contribution < 1.29 is 9.59 Å². The van der Waals surface area contributed by atoms with E-state index in [4.69, 9.17) is 5.73 Å². The average molecular weight is 523 g/mol. The molecule has 2 atom stereocenters. The second kappa shape index (κ2) is 12.9. The van der Waals surface area contributed by atoms with Gasteiger partial charge in [0.1, 0.15) is 0 Å². The Morgan fingerprint density at radius 3 is 2.23 bits per heavy atom. The molecule has 0 aliphatic carbocycles. The number of nitrogens with zero attached hydrogens (tertiary/aromatic N) is 1. The van der Waals surface area contributed by atoms with Crippen LogP contribution >= 0.6 is 0 Å². The van der Waals surface area contributed by atoms with Crippen LogP contribution in [0.3, 0.4) is 0 Å². The first-order valence-electron chi connectivity index (χ1n) is 14.1. The van der Waals surface area contributed by atoms with Gasteiger partial charge in [0.25, 0.3) is 0 Å². The smallest absolute Gasteiger partial charge is 0.240 e. The summed E-state index contributed by atoms with van der Waals surface area (Å²) in [6, 6.07) is 28.6. The zero-order valence-corrected chi connectivity index (χ0v) is 22.4. The van der Waals surface area contributed by atoms with E-state index in [0.717, 1.165) is 47.6 Å². The number of rotatable bonds is 10. The normalized spacial score (nSPS) is 17.9. The molecule has 2 amide bonds. The largest absolute Gasteiger partial charge is 0.354 e. The molecule has 0 aromatic heterocycles. The van der Waals surface area contributed by atoms with Gasteiger partial charge in [-0.1, -0.05) is 91.3 Å². The predicted molar refractivity (Wildman–Crippen MR) is 158 cm³/mol. The lowest BCUT2D eigenvalue weighted by Gasteiger charge is -2.25. The number of hydrogen-bond acceptors (Lipinski definition) is 4. The zero-order valence-electron chi connectivity index (χ0n) is 22.4. The first-order chi connectivity index (χ1) is 19.1. The average Bonchev–Trinajstić information content (AvgIpc) is 3.11. The first-order valence-corrected chi connectivity index (χ1v) is 14.1. The summed E-state index contributed by atoms with van der Waals surface area (Å²) < 4.78 is 0. The molecule has 0 unspecified atom stereocenters. The summed E-state index contributed by atoms with van der Waals surface area (Å²) >= 11 is 0. The van der Waals surface area contributed by atoms with Crippen LogP contribution in [0.15, 0.2) is 84.9 Å². The molecule has 39 heavy (non-hydrogen) atoms. The van der Waals surface area contributed by atoms with Gasteiger partial charge in [0, 0.05) is 25.7 Å². The van der Waals surface area contributed by atoms with Crippen LogP contribution in [0.1, 0.15) is 36.8 Å². The van der Waals surface area contributed by atoms with Gasteiger partial charge in [-0.25, -0.2) is 0 Å². The van der Waals surface area contributed by atoms with Gasteiger partial charge in [-0.2, -0.15) is 0 Å². The molecule has 0 spiro atoms. The minimum absolute atomic E-state index is 0.00369. The fourth-order valence-electron chi connectivity index (χ4n) is 5.65. The van der Waals surface area contributed by atoms with Crippen molar-refractivity contribution in [1.29, 1.82) is 0 Å². The standard InChI is InChI=1S/C33H38N4O2/c34-19-6-5-17-31-33(39)37(23-27-14-8-12-25-10-2-4-16-30(25)27)20-18-28(36-31)22-35-32(38)21-26-13-7-11-24-9-1-3-15-29(24)26/h1-4,7-16,28,31,36H,5-6,17-23,34H2,(H,35,38)/t28-,31+/m0/s1. The number of carbonyl (C=O) groups is 2. The number of amides is 2. The van der Waals surface area contributed by atoms with E-state index in [1.165, 1.54) is 10.8 Å². The zero-order chi connectivity index (χ0) is 27.0. The fraction of sp³-hybridized carbons (Fsp3) is 0.333. The highest BCUT2D eigenvalue weighted by Crippen LogP contribution is 2.22.